The van der Waals surface area contributed by atoms with E-state index in [9.17, 15) is 13.2 Å². The second-order valence-corrected chi connectivity index (χ2v) is 10.9. The first-order chi connectivity index (χ1) is 13.2. The van der Waals surface area contributed by atoms with Crippen LogP contribution < -0.4 is 4.90 Å². The zero-order valence-corrected chi connectivity index (χ0v) is 18.2. The molecule has 0 bridgehead atoms. The van der Waals surface area contributed by atoms with E-state index < -0.39 is 9.84 Å². The highest BCUT2D eigenvalue weighted by atomic mass is 32.2. The van der Waals surface area contributed by atoms with E-state index in [4.69, 9.17) is 0 Å². The number of likely N-dealkylation sites (tertiary alicyclic amines) is 1. The standard InChI is InChI=1S/C22H34N2O3S/c1-17(2)16-22(25)24-14-10-19(11-15-24)18-8-12-23(13-9-18)20-4-6-21(7-5-20)28(3,26)27/h4-7,17-19H,8-16H2,1-3H3. The maximum atomic E-state index is 12.3. The number of carbonyl (C=O) groups excluding carboxylic acids is 1. The predicted octanol–water partition coefficient (Wildman–Crippen LogP) is 3.59. The number of hydrogen-bond acceptors (Lipinski definition) is 4. The van der Waals surface area contributed by atoms with Crippen LogP contribution in [-0.2, 0) is 14.6 Å². The van der Waals surface area contributed by atoms with Gasteiger partial charge in [-0.15, -0.1) is 0 Å². The third-order valence-electron chi connectivity index (χ3n) is 6.31. The van der Waals surface area contributed by atoms with Gasteiger partial charge in [-0.25, -0.2) is 8.42 Å². The molecule has 2 heterocycles. The first-order valence-electron chi connectivity index (χ1n) is 10.6. The fourth-order valence-electron chi connectivity index (χ4n) is 4.63. The number of rotatable bonds is 5. The number of sulfone groups is 1. The molecule has 3 rings (SSSR count). The van der Waals surface area contributed by atoms with Crippen molar-refractivity contribution in [2.45, 2.75) is 50.8 Å². The van der Waals surface area contributed by atoms with Crippen LogP contribution in [0.15, 0.2) is 29.2 Å². The molecule has 0 atom stereocenters. The second kappa shape index (κ2) is 8.85. The molecule has 28 heavy (non-hydrogen) atoms. The summed E-state index contributed by atoms with van der Waals surface area (Å²) in [6, 6.07) is 7.27. The molecule has 1 aromatic rings. The van der Waals surface area contributed by atoms with Crippen LogP contribution in [0.4, 0.5) is 5.69 Å². The molecular formula is C22H34N2O3S. The topological polar surface area (TPSA) is 57.7 Å². The summed E-state index contributed by atoms with van der Waals surface area (Å²) in [6.07, 6.45) is 6.54. The lowest BCUT2D eigenvalue weighted by Gasteiger charge is -2.41. The summed E-state index contributed by atoms with van der Waals surface area (Å²) in [5, 5.41) is 0. The Morgan fingerprint density at radius 3 is 1.93 bits per heavy atom. The summed E-state index contributed by atoms with van der Waals surface area (Å²) in [7, 11) is -3.14. The van der Waals surface area contributed by atoms with E-state index in [0.29, 0.717) is 23.1 Å². The van der Waals surface area contributed by atoms with Crippen LogP contribution in [0.2, 0.25) is 0 Å². The molecule has 0 unspecified atom stereocenters. The van der Waals surface area contributed by atoms with Gasteiger partial charge in [-0.05, 0) is 67.7 Å². The minimum absolute atomic E-state index is 0.320. The predicted molar refractivity (Wildman–Crippen MR) is 113 cm³/mol. The van der Waals surface area contributed by atoms with Crippen molar-refractivity contribution in [1.82, 2.24) is 4.90 Å². The molecule has 0 saturated carbocycles. The van der Waals surface area contributed by atoms with Crippen molar-refractivity contribution >= 4 is 21.4 Å². The summed E-state index contributed by atoms with van der Waals surface area (Å²) in [5.41, 5.74) is 1.11. The molecule has 6 heteroatoms. The number of benzene rings is 1. The van der Waals surface area contributed by atoms with E-state index in [1.165, 1.54) is 19.1 Å². The molecule has 156 valence electrons. The normalized spacial score (nSPS) is 20.0. The van der Waals surface area contributed by atoms with Crippen LogP contribution in [0.1, 0.15) is 46.0 Å². The van der Waals surface area contributed by atoms with Crippen LogP contribution in [0.25, 0.3) is 0 Å². The summed E-state index contributed by atoms with van der Waals surface area (Å²) in [5.74, 6) is 2.23. The first kappa shape index (κ1) is 21.2. The minimum Gasteiger partial charge on any atom is -0.372 e. The smallest absolute Gasteiger partial charge is 0.222 e. The van der Waals surface area contributed by atoms with E-state index in [1.54, 1.807) is 12.1 Å². The van der Waals surface area contributed by atoms with Gasteiger partial charge < -0.3 is 9.80 Å². The van der Waals surface area contributed by atoms with E-state index in [0.717, 1.165) is 56.5 Å². The Labute approximate surface area is 170 Å². The Morgan fingerprint density at radius 1 is 0.964 bits per heavy atom. The molecule has 0 spiro atoms. The molecule has 0 aliphatic carbocycles. The third kappa shape index (κ3) is 5.28. The SMILES string of the molecule is CC(C)CC(=O)N1CCC(C2CCN(c3ccc(S(C)(=O)=O)cc3)CC2)CC1. The quantitative estimate of drug-likeness (QED) is 0.750. The Hall–Kier alpha value is -1.56. The fraction of sp³-hybridized carbons (Fsp3) is 0.682. The third-order valence-corrected chi connectivity index (χ3v) is 7.44. The van der Waals surface area contributed by atoms with Gasteiger partial charge in [-0.3, -0.25) is 4.79 Å². The molecule has 5 nitrogen and oxygen atoms in total. The molecule has 2 fully saturated rings. The van der Waals surface area contributed by atoms with Crippen LogP contribution in [-0.4, -0.2) is 51.7 Å². The van der Waals surface area contributed by atoms with E-state index in [1.807, 2.05) is 12.1 Å². The van der Waals surface area contributed by atoms with E-state index in [-0.39, 0.29) is 0 Å². The van der Waals surface area contributed by atoms with Crippen molar-refractivity contribution in [2.24, 2.45) is 17.8 Å². The van der Waals surface area contributed by atoms with Crippen molar-refractivity contribution in [3.05, 3.63) is 24.3 Å². The largest absolute Gasteiger partial charge is 0.372 e. The van der Waals surface area contributed by atoms with Gasteiger partial charge in [-0.2, -0.15) is 0 Å². The van der Waals surface area contributed by atoms with Crippen molar-refractivity contribution < 1.29 is 13.2 Å². The summed E-state index contributed by atoms with van der Waals surface area (Å²) >= 11 is 0. The number of piperidine rings is 2. The van der Waals surface area contributed by atoms with Gasteiger partial charge >= 0.3 is 0 Å². The van der Waals surface area contributed by atoms with Gasteiger partial charge in [0, 0.05) is 44.5 Å². The fourth-order valence-corrected chi connectivity index (χ4v) is 5.26. The summed E-state index contributed by atoms with van der Waals surface area (Å²) < 4.78 is 23.2. The van der Waals surface area contributed by atoms with Crippen LogP contribution in [0.3, 0.4) is 0 Å². The lowest BCUT2D eigenvalue weighted by molar-refractivity contribution is -0.133. The average molecular weight is 407 g/mol. The highest BCUT2D eigenvalue weighted by Gasteiger charge is 2.31. The van der Waals surface area contributed by atoms with Crippen LogP contribution in [0, 0.1) is 17.8 Å². The highest BCUT2D eigenvalue weighted by molar-refractivity contribution is 7.90. The first-order valence-corrected chi connectivity index (χ1v) is 12.5. The summed E-state index contributed by atoms with van der Waals surface area (Å²) in [6.45, 7) is 8.10. The second-order valence-electron chi connectivity index (χ2n) is 8.91. The lowest BCUT2D eigenvalue weighted by Crippen LogP contribution is -2.43. The zero-order chi connectivity index (χ0) is 20.3. The van der Waals surface area contributed by atoms with Crippen LogP contribution >= 0.6 is 0 Å². The monoisotopic (exact) mass is 406 g/mol. The maximum Gasteiger partial charge on any atom is 0.222 e. The molecule has 2 aliphatic rings. The number of hydrogen-bond donors (Lipinski definition) is 0. The van der Waals surface area contributed by atoms with Crippen molar-refractivity contribution in [2.75, 3.05) is 37.3 Å². The van der Waals surface area contributed by atoms with Gasteiger partial charge in [0.1, 0.15) is 0 Å². The number of amides is 1. The lowest BCUT2D eigenvalue weighted by atomic mass is 9.78. The van der Waals surface area contributed by atoms with Crippen molar-refractivity contribution in [3.8, 4) is 0 Å². The molecule has 2 aliphatic heterocycles. The van der Waals surface area contributed by atoms with Crippen molar-refractivity contribution in [1.29, 1.82) is 0 Å². The minimum atomic E-state index is -3.14. The molecule has 1 aromatic carbocycles. The van der Waals surface area contributed by atoms with Crippen LogP contribution in [0.5, 0.6) is 0 Å². The van der Waals surface area contributed by atoms with Gasteiger partial charge in [0.05, 0.1) is 4.90 Å². The molecule has 0 N–H and O–H groups in total. The van der Waals surface area contributed by atoms with Gasteiger partial charge in [0.2, 0.25) is 5.91 Å². The number of anilines is 1. The number of nitrogens with zero attached hydrogens (tertiary/aromatic N) is 2. The summed E-state index contributed by atoms with van der Waals surface area (Å²) in [4.78, 5) is 17.1. The zero-order valence-electron chi connectivity index (χ0n) is 17.4. The van der Waals surface area contributed by atoms with E-state index >= 15 is 0 Å². The van der Waals surface area contributed by atoms with E-state index in [2.05, 4.69) is 23.6 Å². The van der Waals surface area contributed by atoms with Gasteiger partial charge in [-0.1, -0.05) is 13.8 Å². The Kier molecular flexibility index (Phi) is 6.69. The number of carbonyl (C=O) groups is 1. The van der Waals surface area contributed by atoms with Gasteiger partial charge in [0.25, 0.3) is 0 Å². The molecule has 1 amide bonds. The maximum absolute atomic E-state index is 12.3. The Balaban J connectivity index is 1.48. The molecular weight excluding hydrogens is 372 g/mol. The Bertz CT molecular complexity index is 757. The van der Waals surface area contributed by atoms with Gasteiger partial charge in [0.15, 0.2) is 9.84 Å². The molecule has 0 aromatic heterocycles. The molecule has 0 radical (unpaired) electrons. The Morgan fingerprint density at radius 2 is 1.46 bits per heavy atom. The highest BCUT2D eigenvalue weighted by Crippen LogP contribution is 2.34. The van der Waals surface area contributed by atoms with Crippen molar-refractivity contribution in [3.63, 3.8) is 0 Å². The average Bonchev–Trinajstić information content (AvgIpc) is 2.67. The molecule has 2 saturated heterocycles.